The summed E-state index contributed by atoms with van der Waals surface area (Å²) in [6, 6.07) is 4.77. The summed E-state index contributed by atoms with van der Waals surface area (Å²) >= 11 is 0. The molecule has 5 heteroatoms. The molecule has 1 aliphatic carbocycles. The van der Waals surface area contributed by atoms with Crippen LogP contribution in [0.5, 0.6) is 0 Å². The van der Waals surface area contributed by atoms with Crippen molar-refractivity contribution in [3.8, 4) is 0 Å². The van der Waals surface area contributed by atoms with Gasteiger partial charge in [-0.25, -0.2) is 8.78 Å². The number of piperazine rings is 1. The molecule has 0 saturated carbocycles. The van der Waals surface area contributed by atoms with Gasteiger partial charge in [-0.3, -0.25) is 4.90 Å². The van der Waals surface area contributed by atoms with Crippen LogP contribution in [-0.4, -0.2) is 43.0 Å². The van der Waals surface area contributed by atoms with Gasteiger partial charge in [-0.05, 0) is 24.7 Å². The Morgan fingerprint density at radius 1 is 1.21 bits per heavy atom. The molecule has 3 rings (SSSR count). The average molecular weight is 267 g/mol. The highest BCUT2D eigenvalue weighted by atomic mass is 19.3. The Kier molecular flexibility index (Phi) is 2.98. The number of hydrogen-bond acceptors (Lipinski definition) is 3. The van der Waals surface area contributed by atoms with E-state index in [1.165, 1.54) is 6.07 Å². The lowest BCUT2D eigenvalue weighted by Crippen LogP contribution is -2.45. The van der Waals surface area contributed by atoms with Gasteiger partial charge >= 0.3 is 0 Å². The summed E-state index contributed by atoms with van der Waals surface area (Å²) in [7, 11) is 2.06. The van der Waals surface area contributed by atoms with Gasteiger partial charge in [-0.2, -0.15) is 0 Å². The number of anilines is 1. The summed E-state index contributed by atoms with van der Waals surface area (Å²) in [5.74, 6) is -2.75. The van der Waals surface area contributed by atoms with Crippen LogP contribution >= 0.6 is 0 Å². The number of nitrogens with two attached hydrogens (primary N) is 1. The summed E-state index contributed by atoms with van der Waals surface area (Å²) in [6.07, 6.45) is -0.116. The summed E-state index contributed by atoms with van der Waals surface area (Å²) in [5, 5.41) is 0. The Morgan fingerprint density at radius 3 is 2.58 bits per heavy atom. The number of fused-ring (bicyclic) bond motifs is 1. The molecule has 2 aliphatic rings. The summed E-state index contributed by atoms with van der Waals surface area (Å²) in [4.78, 5) is 4.41. The Morgan fingerprint density at radius 2 is 1.89 bits per heavy atom. The normalized spacial score (nSPS) is 27.4. The lowest BCUT2D eigenvalue weighted by atomic mass is 10.1. The first-order valence-electron chi connectivity index (χ1n) is 6.68. The highest BCUT2D eigenvalue weighted by Gasteiger charge is 2.47. The molecule has 1 aromatic rings. The molecule has 2 N–H and O–H groups in total. The molecule has 0 radical (unpaired) electrons. The van der Waals surface area contributed by atoms with Gasteiger partial charge in [-0.15, -0.1) is 0 Å². The van der Waals surface area contributed by atoms with Crippen molar-refractivity contribution >= 4 is 5.69 Å². The standard InChI is InChI=1S/C14H19F2N3/c1-18-4-6-19(7-5-18)13-9-14(15,16)12-8-10(17)2-3-11(12)13/h2-3,8,13H,4-7,9,17H2,1H3/t13-/m1/s1. The number of nitrogen functional groups attached to an aromatic ring is 1. The predicted octanol–water partition coefficient (Wildman–Crippen LogP) is 2.05. The van der Waals surface area contributed by atoms with E-state index in [0.29, 0.717) is 5.69 Å². The fourth-order valence-corrected chi connectivity index (χ4v) is 3.10. The highest BCUT2D eigenvalue weighted by molar-refractivity contribution is 5.50. The molecule has 104 valence electrons. The summed E-state index contributed by atoms with van der Waals surface area (Å²) in [6.45, 7) is 3.57. The second-order valence-electron chi connectivity index (χ2n) is 5.61. The largest absolute Gasteiger partial charge is 0.399 e. The van der Waals surface area contributed by atoms with E-state index in [4.69, 9.17) is 5.73 Å². The summed E-state index contributed by atoms with van der Waals surface area (Å²) < 4.78 is 28.2. The molecule has 1 atom stereocenters. The van der Waals surface area contributed by atoms with Crippen LogP contribution in [0.15, 0.2) is 18.2 Å². The van der Waals surface area contributed by atoms with E-state index >= 15 is 0 Å². The Balaban J connectivity index is 1.90. The van der Waals surface area contributed by atoms with Crippen LogP contribution < -0.4 is 5.73 Å². The third kappa shape index (κ3) is 2.21. The number of rotatable bonds is 1. The van der Waals surface area contributed by atoms with Crippen molar-refractivity contribution in [2.45, 2.75) is 18.4 Å². The van der Waals surface area contributed by atoms with Gasteiger partial charge in [0.2, 0.25) is 0 Å². The number of likely N-dealkylation sites (N-methyl/N-ethyl adjacent to an activating group) is 1. The van der Waals surface area contributed by atoms with Gasteiger partial charge in [0.1, 0.15) is 0 Å². The molecule has 0 amide bonds. The van der Waals surface area contributed by atoms with E-state index in [9.17, 15) is 8.78 Å². The molecule has 1 heterocycles. The molecule has 0 bridgehead atoms. The van der Waals surface area contributed by atoms with Crippen molar-refractivity contribution < 1.29 is 8.78 Å². The molecule has 0 aromatic heterocycles. The Bertz CT molecular complexity index is 482. The minimum atomic E-state index is -2.75. The van der Waals surface area contributed by atoms with Crippen molar-refractivity contribution in [3.63, 3.8) is 0 Å². The first kappa shape index (κ1) is 12.8. The smallest absolute Gasteiger partial charge is 0.275 e. The fraction of sp³-hybridized carbons (Fsp3) is 0.571. The molecule has 3 nitrogen and oxygen atoms in total. The number of benzene rings is 1. The third-order valence-electron chi connectivity index (χ3n) is 4.26. The summed E-state index contributed by atoms with van der Waals surface area (Å²) in [5.41, 5.74) is 6.93. The molecule has 1 fully saturated rings. The maximum atomic E-state index is 14.1. The maximum absolute atomic E-state index is 14.1. The minimum absolute atomic E-state index is 0.116. The van der Waals surface area contributed by atoms with Crippen LogP contribution in [-0.2, 0) is 5.92 Å². The van der Waals surface area contributed by atoms with Crippen LogP contribution in [0.25, 0.3) is 0 Å². The van der Waals surface area contributed by atoms with Gasteiger partial charge in [0.05, 0.1) is 0 Å². The predicted molar refractivity (Wildman–Crippen MR) is 71.2 cm³/mol. The second kappa shape index (κ2) is 4.42. The number of nitrogens with zero attached hydrogens (tertiary/aromatic N) is 2. The van der Waals surface area contributed by atoms with E-state index in [1.54, 1.807) is 12.1 Å². The zero-order valence-corrected chi connectivity index (χ0v) is 11.1. The zero-order valence-electron chi connectivity index (χ0n) is 11.1. The molecular formula is C14H19F2N3. The van der Waals surface area contributed by atoms with Crippen molar-refractivity contribution in [1.82, 2.24) is 9.80 Å². The van der Waals surface area contributed by atoms with Crippen LogP contribution in [0, 0.1) is 0 Å². The molecular weight excluding hydrogens is 248 g/mol. The molecule has 0 unspecified atom stereocenters. The van der Waals surface area contributed by atoms with Gasteiger partial charge in [-0.1, -0.05) is 6.07 Å². The van der Waals surface area contributed by atoms with E-state index in [0.717, 1.165) is 31.7 Å². The Hall–Kier alpha value is -1.20. The van der Waals surface area contributed by atoms with Crippen LogP contribution in [0.2, 0.25) is 0 Å². The van der Waals surface area contributed by atoms with Gasteiger partial charge in [0.25, 0.3) is 5.92 Å². The molecule has 1 aliphatic heterocycles. The Labute approximate surface area is 112 Å². The monoisotopic (exact) mass is 267 g/mol. The number of alkyl halides is 2. The van der Waals surface area contributed by atoms with Crippen LogP contribution in [0.4, 0.5) is 14.5 Å². The van der Waals surface area contributed by atoms with Crippen molar-refractivity contribution in [2.24, 2.45) is 0 Å². The minimum Gasteiger partial charge on any atom is -0.399 e. The molecule has 19 heavy (non-hydrogen) atoms. The van der Waals surface area contributed by atoms with Crippen molar-refractivity contribution in [2.75, 3.05) is 39.0 Å². The average Bonchev–Trinajstić information content (AvgIpc) is 2.62. The van der Waals surface area contributed by atoms with Gasteiger partial charge in [0.15, 0.2) is 0 Å². The molecule has 1 aromatic carbocycles. The van der Waals surface area contributed by atoms with Crippen LogP contribution in [0.3, 0.4) is 0 Å². The fourth-order valence-electron chi connectivity index (χ4n) is 3.10. The van der Waals surface area contributed by atoms with Gasteiger partial charge in [0, 0.05) is 49.9 Å². The maximum Gasteiger partial charge on any atom is 0.275 e. The topological polar surface area (TPSA) is 32.5 Å². The zero-order chi connectivity index (χ0) is 13.6. The van der Waals surface area contributed by atoms with E-state index < -0.39 is 5.92 Å². The molecule has 1 saturated heterocycles. The van der Waals surface area contributed by atoms with Crippen LogP contribution in [0.1, 0.15) is 23.6 Å². The van der Waals surface area contributed by atoms with E-state index in [1.807, 2.05) is 0 Å². The first-order valence-corrected chi connectivity index (χ1v) is 6.68. The van der Waals surface area contributed by atoms with Crippen molar-refractivity contribution in [3.05, 3.63) is 29.3 Å². The lowest BCUT2D eigenvalue weighted by molar-refractivity contribution is -0.0257. The number of halogens is 2. The van der Waals surface area contributed by atoms with E-state index in [2.05, 4.69) is 16.8 Å². The lowest BCUT2D eigenvalue weighted by Gasteiger charge is -2.36. The second-order valence-corrected chi connectivity index (χ2v) is 5.61. The highest BCUT2D eigenvalue weighted by Crippen LogP contribution is 2.50. The quantitative estimate of drug-likeness (QED) is 0.790. The molecule has 0 spiro atoms. The van der Waals surface area contributed by atoms with Crippen molar-refractivity contribution in [1.29, 1.82) is 0 Å². The van der Waals surface area contributed by atoms with E-state index in [-0.39, 0.29) is 18.0 Å². The number of hydrogen-bond donors (Lipinski definition) is 1. The third-order valence-corrected chi connectivity index (χ3v) is 4.26. The van der Waals surface area contributed by atoms with Gasteiger partial charge < -0.3 is 10.6 Å². The first-order chi connectivity index (χ1) is 8.97. The SMILES string of the molecule is CN1CCN([C@@H]2CC(F)(F)c3cc(N)ccc32)CC1.